The van der Waals surface area contributed by atoms with E-state index in [0.717, 1.165) is 30.7 Å². The van der Waals surface area contributed by atoms with E-state index in [9.17, 15) is 9.90 Å². The molecule has 0 bridgehead atoms. The smallest absolute Gasteiger partial charge is 0.306 e. The number of aromatic nitrogens is 2. The topological polar surface area (TPSA) is 55.1 Å². The lowest BCUT2D eigenvalue weighted by molar-refractivity contribution is -0.145. The third-order valence-corrected chi connectivity index (χ3v) is 5.49. The number of halogens is 1. The Labute approximate surface area is 131 Å². The monoisotopic (exact) mass is 312 g/mol. The highest BCUT2D eigenvalue weighted by Gasteiger charge is 2.36. The van der Waals surface area contributed by atoms with Gasteiger partial charge in [0.1, 0.15) is 0 Å². The molecule has 1 aromatic heterocycles. The molecule has 1 aliphatic carbocycles. The Kier molecular flexibility index (Phi) is 4.97. The number of carbonyl (C=O) groups is 1. The van der Waals surface area contributed by atoms with Crippen molar-refractivity contribution >= 4 is 17.6 Å². The van der Waals surface area contributed by atoms with E-state index in [1.165, 1.54) is 0 Å². The first-order chi connectivity index (χ1) is 9.81. The second-order valence-corrected chi connectivity index (χ2v) is 7.07. The Hall–Kier alpha value is -1.03. The molecular weight excluding hydrogens is 288 g/mol. The van der Waals surface area contributed by atoms with Crippen LogP contribution in [0.3, 0.4) is 0 Å². The summed E-state index contributed by atoms with van der Waals surface area (Å²) in [7, 11) is 1.88. The molecule has 21 heavy (non-hydrogen) atoms. The first kappa shape index (κ1) is 16.3. The molecular formula is C16H25ClN2O2. The fraction of sp³-hybridized carbons (Fsp3) is 0.750. The van der Waals surface area contributed by atoms with Gasteiger partial charge in [0.15, 0.2) is 0 Å². The lowest BCUT2D eigenvalue weighted by atomic mass is 9.69. The van der Waals surface area contributed by atoms with Crippen molar-refractivity contribution in [2.75, 3.05) is 0 Å². The van der Waals surface area contributed by atoms with Gasteiger partial charge >= 0.3 is 5.97 Å². The van der Waals surface area contributed by atoms with Gasteiger partial charge in [-0.3, -0.25) is 9.48 Å². The van der Waals surface area contributed by atoms with Crippen LogP contribution in [-0.2, 0) is 18.3 Å². The number of carboxylic acid groups (broad SMARTS) is 1. The second kappa shape index (κ2) is 6.39. The van der Waals surface area contributed by atoms with Crippen LogP contribution in [0.2, 0.25) is 5.02 Å². The molecule has 1 N–H and O–H groups in total. The molecule has 1 aromatic rings. The molecule has 0 aromatic carbocycles. The predicted molar refractivity (Wildman–Crippen MR) is 83.5 cm³/mol. The van der Waals surface area contributed by atoms with E-state index in [-0.39, 0.29) is 11.8 Å². The van der Waals surface area contributed by atoms with Gasteiger partial charge in [0, 0.05) is 7.05 Å². The van der Waals surface area contributed by atoms with Gasteiger partial charge in [-0.25, -0.2) is 0 Å². The summed E-state index contributed by atoms with van der Waals surface area (Å²) in [5, 5.41) is 14.5. The summed E-state index contributed by atoms with van der Waals surface area (Å²) < 4.78 is 1.80. The van der Waals surface area contributed by atoms with Crippen LogP contribution in [0.1, 0.15) is 44.5 Å². The number of nitrogens with zero attached hydrogens (tertiary/aromatic N) is 2. The Morgan fingerprint density at radius 2 is 2.14 bits per heavy atom. The summed E-state index contributed by atoms with van der Waals surface area (Å²) in [5.74, 6) is 0.434. The van der Waals surface area contributed by atoms with E-state index in [1.807, 2.05) is 14.0 Å². The van der Waals surface area contributed by atoms with Gasteiger partial charge in [0.25, 0.3) is 0 Å². The number of carboxylic acids is 1. The largest absolute Gasteiger partial charge is 0.481 e. The Balaban J connectivity index is 2.22. The minimum absolute atomic E-state index is 0.149. The molecule has 2 rings (SSSR count). The van der Waals surface area contributed by atoms with Crippen molar-refractivity contribution in [3.05, 3.63) is 16.4 Å². The van der Waals surface area contributed by atoms with Crippen molar-refractivity contribution < 1.29 is 9.90 Å². The van der Waals surface area contributed by atoms with Crippen molar-refractivity contribution in [2.24, 2.45) is 30.7 Å². The SMILES string of the molecule is Cc1nn(C)c(CC2CC(C(C)C)CCC2C(=O)O)c1Cl. The fourth-order valence-corrected chi connectivity index (χ4v) is 3.84. The predicted octanol–water partition coefficient (Wildman–Crippen LogP) is 3.70. The van der Waals surface area contributed by atoms with E-state index in [4.69, 9.17) is 11.6 Å². The minimum atomic E-state index is -0.669. The molecule has 1 fully saturated rings. The maximum Gasteiger partial charge on any atom is 0.306 e. The second-order valence-electron chi connectivity index (χ2n) is 6.70. The van der Waals surface area contributed by atoms with Crippen LogP contribution < -0.4 is 0 Å². The molecule has 1 saturated carbocycles. The van der Waals surface area contributed by atoms with Crippen LogP contribution in [-0.4, -0.2) is 20.9 Å². The molecule has 5 heteroatoms. The number of rotatable bonds is 4. The van der Waals surface area contributed by atoms with Crippen molar-refractivity contribution in [1.29, 1.82) is 0 Å². The normalized spacial score (nSPS) is 26.3. The number of aliphatic carboxylic acids is 1. The van der Waals surface area contributed by atoms with E-state index < -0.39 is 5.97 Å². The molecule has 4 nitrogen and oxygen atoms in total. The molecule has 3 unspecified atom stereocenters. The van der Waals surface area contributed by atoms with Crippen molar-refractivity contribution in [3.63, 3.8) is 0 Å². The first-order valence-corrected chi connectivity index (χ1v) is 8.09. The minimum Gasteiger partial charge on any atom is -0.481 e. The zero-order chi connectivity index (χ0) is 15.7. The van der Waals surface area contributed by atoms with Gasteiger partial charge in [0.2, 0.25) is 0 Å². The maximum absolute atomic E-state index is 11.6. The van der Waals surface area contributed by atoms with Crippen molar-refractivity contribution in [1.82, 2.24) is 9.78 Å². The molecule has 0 radical (unpaired) electrons. The van der Waals surface area contributed by atoms with E-state index in [2.05, 4.69) is 18.9 Å². The van der Waals surface area contributed by atoms with Gasteiger partial charge in [-0.05, 0) is 50.4 Å². The first-order valence-electron chi connectivity index (χ1n) is 7.72. The summed E-state index contributed by atoms with van der Waals surface area (Å²) >= 11 is 6.33. The average Bonchev–Trinajstić information content (AvgIpc) is 2.65. The fourth-order valence-electron chi connectivity index (χ4n) is 3.61. The molecule has 0 spiro atoms. The van der Waals surface area contributed by atoms with Crippen molar-refractivity contribution in [2.45, 2.75) is 46.5 Å². The average molecular weight is 313 g/mol. The highest BCUT2D eigenvalue weighted by atomic mass is 35.5. The summed E-state index contributed by atoms with van der Waals surface area (Å²) in [6.45, 7) is 6.34. The summed E-state index contributed by atoms with van der Waals surface area (Å²) in [5.41, 5.74) is 1.78. The zero-order valence-electron chi connectivity index (χ0n) is 13.3. The molecule has 0 amide bonds. The van der Waals surface area contributed by atoms with Crippen LogP contribution in [0.5, 0.6) is 0 Å². The molecule has 0 saturated heterocycles. The highest BCUT2D eigenvalue weighted by molar-refractivity contribution is 6.31. The van der Waals surface area contributed by atoms with Crippen LogP contribution in [0.25, 0.3) is 0 Å². The molecule has 1 aliphatic rings. The van der Waals surface area contributed by atoms with Crippen LogP contribution in [0, 0.1) is 30.6 Å². The summed E-state index contributed by atoms with van der Waals surface area (Å²) in [6, 6.07) is 0. The van der Waals surface area contributed by atoms with Gasteiger partial charge < -0.3 is 5.11 Å². The van der Waals surface area contributed by atoms with Gasteiger partial charge in [-0.15, -0.1) is 0 Å². The van der Waals surface area contributed by atoms with E-state index in [1.54, 1.807) is 4.68 Å². The Morgan fingerprint density at radius 1 is 1.48 bits per heavy atom. The van der Waals surface area contributed by atoms with Crippen LogP contribution in [0.4, 0.5) is 0 Å². The van der Waals surface area contributed by atoms with Gasteiger partial charge in [-0.2, -0.15) is 5.10 Å². The maximum atomic E-state index is 11.6. The Morgan fingerprint density at radius 3 is 2.62 bits per heavy atom. The molecule has 1 heterocycles. The van der Waals surface area contributed by atoms with Crippen LogP contribution >= 0.6 is 11.6 Å². The number of aryl methyl sites for hydroxylation is 2. The third kappa shape index (κ3) is 3.42. The van der Waals surface area contributed by atoms with Gasteiger partial charge in [0.05, 0.1) is 22.3 Å². The van der Waals surface area contributed by atoms with Crippen LogP contribution in [0.15, 0.2) is 0 Å². The molecule has 0 aliphatic heterocycles. The third-order valence-electron chi connectivity index (χ3n) is 5.00. The summed E-state index contributed by atoms with van der Waals surface area (Å²) in [4.78, 5) is 11.6. The lowest BCUT2D eigenvalue weighted by Gasteiger charge is -2.36. The summed E-state index contributed by atoms with van der Waals surface area (Å²) in [6.07, 6.45) is 3.46. The number of hydrogen-bond acceptors (Lipinski definition) is 2. The molecule has 3 atom stereocenters. The van der Waals surface area contributed by atoms with E-state index >= 15 is 0 Å². The van der Waals surface area contributed by atoms with Gasteiger partial charge in [-0.1, -0.05) is 25.4 Å². The van der Waals surface area contributed by atoms with Crippen molar-refractivity contribution in [3.8, 4) is 0 Å². The standard InChI is InChI=1S/C16H25ClN2O2/c1-9(2)11-5-6-13(16(20)21)12(7-11)8-14-15(17)10(3)18-19(14)4/h9,11-13H,5-8H2,1-4H3,(H,20,21). The quantitative estimate of drug-likeness (QED) is 0.922. The Bertz CT molecular complexity index is 525. The van der Waals surface area contributed by atoms with E-state index in [0.29, 0.717) is 23.3 Å². The highest BCUT2D eigenvalue weighted by Crippen LogP contribution is 2.40. The number of hydrogen-bond donors (Lipinski definition) is 1. The zero-order valence-corrected chi connectivity index (χ0v) is 14.0. The lowest BCUT2D eigenvalue weighted by Crippen LogP contribution is -2.34. The molecule has 118 valence electrons.